The van der Waals surface area contributed by atoms with Gasteiger partial charge in [0.15, 0.2) is 5.84 Å². The van der Waals surface area contributed by atoms with E-state index in [0.29, 0.717) is 24.4 Å². The smallest absolute Gasteiger partial charge is 0.285 e. The average molecular weight is 378 g/mol. The molecule has 9 heteroatoms. The summed E-state index contributed by atoms with van der Waals surface area (Å²) in [4.78, 5) is 16.4. The van der Waals surface area contributed by atoms with Gasteiger partial charge in [-0.3, -0.25) is 10.2 Å². The normalized spacial score (nSPS) is 25.8. The molecule has 0 bridgehead atoms. The molecule has 0 unspecified atom stereocenters. The number of likely N-dealkylation sites (N-methyl/N-ethyl adjacent to an activating group) is 1. The monoisotopic (exact) mass is 378 g/mol. The Kier molecular flexibility index (Phi) is 4.45. The number of quaternary nitrogens is 1. The van der Waals surface area contributed by atoms with Crippen LogP contribution in [-0.2, 0) is 14.8 Å². The molecule has 3 aliphatic heterocycles. The van der Waals surface area contributed by atoms with Crippen LogP contribution in [0.3, 0.4) is 0 Å². The highest BCUT2D eigenvalue weighted by Crippen LogP contribution is 2.31. The highest BCUT2D eigenvalue weighted by Gasteiger charge is 2.39. The molecule has 2 saturated heterocycles. The quantitative estimate of drug-likeness (QED) is 0.652. The summed E-state index contributed by atoms with van der Waals surface area (Å²) in [5.74, 6) is 0.326. The summed E-state index contributed by atoms with van der Waals surface area (Å²) in [6.07, 6.45) is 1.54. The second-order valence-electron chi connectivity index (χ2n) is 7.16. The third-order valence-electron chi connectivity index (χ3n) is 5.33. The molecule has 0 spiro atoms. The Hall–Kier alpha value is -1.97. The van der Waals surface area contributed by atoms with Gasteiger partial charge in [0, 0.05) is 12.1 Å². The van der Waals surface area contributed by atoms with Crippen LogP contribution in [0, 0.1) is 0 Å². The maximum Gasteiger partial charge on any atom is 0.285 e. The van der Waals surface area contributed by atoms with Gasteiger partial charge in [-0.2, -0.15) is 8.42 Å². The Bertz CT molecular complexity index is 846. The summed E-state index contributed by atoms with van der Waals surface area (Å²) in [5, 5.41) is 1.97. The number of amidine groups is 1. The number of fused-ring (bicyclic) bond motifs is 1. The second-order valence-corrected chi connectivity index (χ2v) is 8.73. The number of rotatable bonds is 2. The van der Waals surface area contributed by atoms with Crippen LogP contribution in [0.2, 0.25) is 0 Å². The van der Waals surface area contributed by atoms with Crippen molar-refractivity contribution in [3.63, 3.8) is 0 Å². The topological polar surface area (TPSA) is 86.5 Å². The lowest BCUT2D eigenvalue weighted by atomic mass is 10.1. The summed E-state index contributed by atoms with van der Waals surface area (Å²) < 4.78 is 28.6. The number of hydrazine groups is 1. The van der Waals surface area contributed by atoms with Gasteiger partial charge < -0.3 is 9.80 Å². The van der Waals surface area contributed by atoms with Gasteiger partial charge in [0.05, 0.1) is 33.2 Å². The summed E-state index contributed by atoms with van der Waals surface area (Å²) in [5.41, 5.74) is 3.61. The van der Waals surface area contributed by atoms with E-state index in [9.17, 15) is 13.2 Å². The minimum absolute atomic E-state index is 0.0773. The van der Waals surface area contributed by atoms with Gasteiger partial charge in [0.2, 0.25) is 0 Å². The maximum absolute atomic E-state index is 12.8. The van der Waals surface area contributed by atoms with Gasteiger partial charge in [0.25, 0.3) is 15.9 Å². The number of piperazine rings is 1. The van der Waals surface area contributed by atoms with Crippen LogP contribution in [0.4, 0.5) is 0 Å². The largest absolute Gasteiger partial charge is 0.343 e. The molecule has 2 fully saturated rings. The molecule has 1 aromatic carbocycles. The number of likely N-dealkylation sites (tertiary alicyclic amines) is 1. The molecule has 0 saturated carbocycles. The van der Waals surface area contributed by atoms with Crippen molar-refractivity contribution in [3.8, 4) is 0 Å². The fourth-order valence-corrected chi connectivity index (χ4v) is 5.04. The van der Waals surface area contributed by atoms with Crippen molar-refractivity contribution in [2.75, 3.05) is 39.8 Å². The highest BCUT2D eigenvalue weighted by atomic mass is 32.2. The van der Waals surface area contributed by atoms with E-state index in [1.54, 1.807) is 24.3 Å². The molecule has 26 heavy (non-hydrogen) atoms. The lowest BCUT2D eigenvalue weighted by Crippen LogP contribution is -3.12. The van der Waals surface area contributed by atoms with Gasteiger partial charge in [0.1, 0.15) is 10.9 Å². The summed E-state index contributed by atoms with van der Waals surface area (Å²) in [7, 11) is -1.53. The minimum atomic E-state index is -3.67. The molecule has 0 aliphatic carbocycles. The first kappa shape index (κ1) is 17.4. The Morgan fingerprint density at radius 3 is 2.73 bits per heavy atom. The SMILES string of the molecule is C[NH+]1CCN(NC(=O)[C@@H]2CCCN2C2=NS(=O)(=O)c3ccccc32)CC1. The number of amides is 1. The predicted molar refractivity (Wildman–Crippen MR) is 96.2 cm³/mol. The van der Waals surface area contributed by atoms with Crippen molar-refractivity contribution in [3.05, 3.63) is 29.8 Å². The molecule has 140 valence electrons. The Morgan fingerprint density at radius 1 is 1.23 bits per heavy atom. The summed E-state index contributed by atoms with van der Waals surface area (Å²) >= 11 is 0. The van der Waals surface area contributed by atoms with E-state index >= 15 is 0 Å². The summed E-state index contributed by atoms with van der Waals surface area (Å²) in [6.45, 7) is 4.26. The van der Waals surface area contributed by atoms with E-state index in [1.165, 1.54) is 4.90 Å². The van der Waals surface area contributed by atoms with Crippen molar-refractivity contribution >= 4 is 21.8 Å². The third-order valence-corrected chi connectivity index (χ3v) is 6.65. The second kappa shape index (κ2) is 6.64. The van der Waals surface area contributed by atoms with E-state index in [-0.39, 0.29) is 16.8 Å². The molecule has 3 aliphatic rings. The molecule has 0 radical (unpaired) electrons. The van der Waals surface area contributed by atoms with E-state index in [1.807, 2.05) is 9.91 Å². The summed E-state index contributed by atoms with van der Waals surface area (Å²) in [6, 6.07) is 6.43. The number of carbonyl (C=O) groups excluding carboxylic acids is 1. The van der Waals surface area contributed by atoms with Gasteiger partial charge in [-0.15, -0.1) is 4.40 Å². The van der Waals surface area contributed by atoms with Gasteiger partial charge in [-0.1, -0.05) is 12.1 Å². The van der Waals surface area contributed by atoms with Crippen molar-refractivity contribution in [1.29, 1.82) is 0 Å². The standard InChI is InChI=1S/C17H23N5O3S/c1-20-9-11-21(12-10-20)18-17(23)14-6-4-8-22(14)16-13-5-2-3-7-15(13)26(24,25)19-16/h2-3,5,7,14H,4,6,8-12H2,1H3,(H,18,23)/p+1/t14-/m0/s1. The number of hydrogen-bond donors (Lipinski definition) is 2. The molecule has 1 amide bonds. The average Bonchev–Trinajstić information content (AvgIpc) is 3.20. The number of benzene rings is 1. The van der Waals surface area contributed by atoms with Crippen molar-refractivity contribution < 1.29 is 18.1 Å². The van der Waals surface area contributed by atoms with Crippen LogP contribution in [0.15, 0.2) is 33.6 Å². The maximum atomic E-state index is 12.8. The number of nitrogens with zero attached hydrogens (tertiary/aromatic N) is 3. The molecule has 1 atom stereocenters. The van der Waals surface area contributed by atoms with Gasteiger partial charge in [-0.05, 0) is 25.0 Å². The Balaban J connectivity index is 1.53. The van der Waals surface area contributed by atoms with Crippen LogP contribution in [0.5, 0.6) is 0 Å². The van der Waals surface area contributed by atoms with Gasteiger partial charge in [-0.25, -0.2) is 5.01 Å². The van der Waals surface area contributed by atoms with E-state index in [0.717, 1.165) is 32.6 Å². The number of nitrogens with one attached hydrogen (secondary N) is 2. The van der Waals surface area contributed by atoms with E-state index < -0.39 is 10.0 Å². The molecular formula is C17H24N5O3S+. The number of hydrogen-bond acceptors (Lipinski definition) is 5. The molecular weight excluding hydrogens is 354 g/mol. The van der Waals surface area contributed by atoms with E-state index in [2.05, 4.69) is 16.9 Å². The van der Waals surface area contributed by atoms with Crippen molar-refractivity contribution in [1.82, 2.24) is 15.3 Å². The van der Waals surface area contributed by atoms with Crippen molar-refractivity contribution in [2.24, 2.45) is 4.40 Å². The lowest BCUT2D eigenvalue weighted by molar-refractivity contribution is -0.884. The van der Waals surface area contributed by atoms with Crippen LogP contribution in [0.1, 0.15) is 18.4 Å². The molecule has 1 aromatic rings. The zero-order valence-corrected chi connectivity index (χ0v) is 15.6. The van der Waals surface area contributed by atoms with E-state index in [4.69, 9.17) is 0 Å². The van der Waals surface area contributed by atoms with Crippen LogP contribution >= 0.6 is 0 Å². The molecule has 4 rings (SSSR count). The first-order chi connectivity index (χ1) is 12.5. The highest BCUT2D eigenvalue weighted by molar-refractivity contribution is 7.90. The minimum Gasteiger partial charge on any atom is -0.343 e. The third kappa shape index (κ3) is 3.10. The number of sulfonamides is 1. The van der Waals surface area contributed by atoms with Crippen LogP contribution in [-0.4, -0.2) is 75.9 Å². The predicted octanol–water partition coefficient (Wildman–Crippen LogP) is -1.54. The van der Waals surface area contributed by atoms with Crippen LogP contribution < -0.4 is 10.3 Å². The molecule has 0 aromatic heterocycles. The molecule has 8 nitrogen and oxygen atoms in total. The van der Waals surface area contributed by atoms with Crippen molar-refractivity contribution in [2.45, 2.75) is 23.8 Å². The molecule has 2 N–H and O–H groups in total. The molecule has 3 heterocycles. The zero-order valence-electron chi connectivity index (χ0n) is 14.8. The fourth-order valence-electron chi connectivity index (χ4n) is 3.82. The first-order valence-corrected chi connectivity index (χ1v) is 10.5. The lowest BCUT2D eigenvalue weighted by Gasteiger charge is -2.32. The first-order valence-electron chi connectivity index (χ1n) is 9.03. The number of carbonyl (C=O) groups is 1. The fraction of sp³-hybridized carbons (Fsp3) is 0.529. The van der Waals surface area contributed by atoms with Crippen LogP contribution in [0.25, 0.3) is 0 Å². The van der Waals surface area contributed by atoms with Gasteiger partial charge >= 0.3 is 0 Å². The zero-order chi connectivity index (χ0) is 18.3. The Morgan fingerprint density at radius 2 is 1.96 bits per heavy atom. The Labute approximate surface area is 153 Å².